The molecule has 0 radical (unpaired) electrons. The summed E-state index contributed by atoms with van der Waals surface area (Å²) in [5.41, 5.74) is -1.01. The minimum Gasteiger partial charge on any atom is -0.748 e. The lowest BCUT2D eigenvalue weighted by Gasteiger charge is -2.38. The van der Waals surface area contributed by atoms with Gasteiger partial charge >= 0.3 is 0 Å². The van der Waals surface area contributed by atoms with Gasteiger partial charge in [0.25, 0.3) is 0 Å². The Morgan fingerprint density at radius 1 is 1.47 bits per heavy atom. The molecule has 0 atom stereocenters. The summed E-state index contributed by atoms with van der Waals surface area (Å²) in [4.78, 5) is 13.0. The van der Waals surface area contributed by atoms with Crippen LogP contribution in [0.5, 0.6) is 0 Å². The molecular weight excluding hydrogens is 242 g/mol. The van der Waals surface area contributed by atoms with E-state index in [9.17, 15) is 17.8 Å². The number of hydrogen-bond donors (Lipinski definition) is 0. The first-order valence-electron chi connectivity index (χ1n) is 5.51. The molecule has 0 aromatic heterocycles. The molecule has 0 rings (SSSR count). The van der Waals surface area contributed by atoms with Crippen molar-refractivity contribution in [2.75, 3.05) is 12.3 Å². The Labute approximate surface area is 103 Å². The van der Waals surface area contributed by atoms with Gasteiger partial charge in [0.15, 0.2) is 0 Å². The fourth-order valence-electron chi connectivity index (χ4n) is 1.65. The van der Waals surface area contributed by atoms with Crippen molar-refractivity contribution < 1.29 is 17.8 Å². The van der Waals surface area contributed by atoms with Crippen LogP contribution in [-0.2, 0) is 14.9 Å². The van der Waals surface area contributed by atoms with Crippen molar-refractivity contribution in [1.29, 1.82) is 0 Å². The molecule has 0 aliphatic rings. The molecule has 0 unspecified atom stereocenters. The predicted molar refractivity (Wildman–Crippen MR) is 65.5 cm³/mol. The molecule has 0 aliphatic heterocycles. The van der Waals surface area contributed by atoms with Gasteiger partial charge < -0.3 is 9.45 Å². The van der Waals surface area contributed by atoms with Crippen molar-refractivity contribution in [2.24, 2.45) is 0 Å². The Morgan fingerprint density at radius 2 is 2.00 bits per heavy atom. The standard InChI is InChI=1S/C11H21NO4S/c1-5-7-8-12(10(13)6-2)11(3,4)9-17(14,15)16/h6H,2,5,7-9H2,1,3-4H3,(H,14,15,16)/p-1. The molecule has 0 spiro atoms. The molecule has 0 aromatic carbocycles. The number of rotatable bonds is 7. The minimum absolute atomic E-state index is 0.355. The first-order chi connectivity index (χ1) is 7.64. The van der Waals surface area contributed by atoms with E-state index in [2.05, 4.69) is 6.58 Å². The summed E-state index contributed by atoms with van der Waals surface area (Å²) in [6, 6.07) is 0. The largest absolute Gasteiger partial charge is 0.748 e. The first-order valence-corrected chi connectivity index (χ1v) is 7.09. The number of carbonyl (C=O) groups is 1. The van der Waals surface area contributed by atoms with Gasteiger partial charge in [-0.05, 0) is 26.3 Å². The molecule has 0 N–H and O–H groups in total. The monoisotopic (exact) mass is 262 g/mol. The van der Waals surface area contributed by atoms with E-state index in [-0.39, 0.29) is 5.91 Å². The summed E-state index contributed by atoms with van der Waals surface area (Å²) in [6.07, 6.45) is 2.76. The molecule has 0 aromatic rings. The van der Waals surface area contributed by atoms with Crippen LogP contribution in [0, 0.1) is 0 Å². The third kappa shape index (κ3) is 5.83. The quantitative estimate of drug-likeness (QED) is 0.509. The van der Waals surface area contributed by atoms with Crippen LogP contribution in [0.4, 0.5) is 0 Å². The van der Waals surface area contributed by atoms with E-state index < -0.39 is 21.4 Å². The molecule has 0 fully saturated rings. The van der Waals surface area contributed by atoms with Crippen molar-refractivity contribution in [3.05, 3.63) is 12.7 Å². The second-order valence-corrected chi connectivity index (χ2v) is 5.97. The van der Waals surface area contributed by atoms with Crippen molar-refractivity contribution >= 4 is 16.0 Å². The van der Waals surface area contributed by atoms with E-state index in [1.165, 1.54) is 4.90 Å². The maximum absolute atomic E-state index is 11.7. The van der Waals surface area contributed by atoms with Crippen LogP contribution in [0.25, 0.3) is 0 Å². The van der Waals surface area contributed by atoms with Crippen LogP contribution in [0.2, 0.25) is 0 Å². The van der Waals surface area contributed by atoms with Gasteiger partial charge in [0, 0.05) is 6.54 Å². The lowest BCUT2D eigenvalue weighted by Crippen LogP contribution is -2.51. The van der Waals surface area contributed by atoms with Crippen molar-refractivity contribution in [1.82, 2.24) is 4.90 Å². The Balaban J connectivity index is 5.00. The molecule has 0 bridgehead atoms. The lowest BCUT2D eigenvalue weighted by atomic mass is 10.0. The Hall–Kier alpha value is -0.880. The maximum atomic E-state index is 11.7. The highest BCUT2D eigenvalue weighted by molar-refractivity contribution is 7.85. The molecule has 1 amide bonds. The SMILES string of the molecule is C=CC(=O)N(CCCC)C(C)(C)CS(=O)(=O)[O-]. The van der Waals surface area contributed by atoms with Crippen LogP contribution < -0.4 is 0 Å². The summed E-state index contributed by atoms with van der Waals surface area (Å²) in [6.45, 7) is 8.91. The Bertz CT molecular complexity index is 373. The van der Waals surface area contributed by atoms with E-state index in [1.54, 1.807) is 13.8 Å². The van der Waals surface area contributed by atoms with Gasteiger partial charge in [0.05, 0.1) is 21.4 Å². The summed E-state index contributed by atoms with van der Waals surface area (Å²) in [5, 5.41) is 0. The van der Waals surface area contributed by atoms with Crippen LogP contribution in [0.3, 0.4) is 0 Å². The Kier molecular flexibility index (Phi) is 5.84. The van der Waals surface area contributed by atoms with Gasteiger partial charge in [0.2, 0.25) is 5.91 Å². The van der Waals surface area contributed by atoms with Crippen molar-refractivity contribution in [3.8, 4) is 0 Å². The summed E-state index contributed by atoms with van der Waals surface area (Å²) >= 11 is 0. The van der Waals surface area contributed by atoms with E-state index in [1.807, 2.05) is 6.92 Å². The van der Waals surface area contributed by atoms with Crippen molar-refractivity contribution in [3.63, 3.8) is 0 Å². The smallest absolute Gasteiger partial charge is 0.246 e. The van der Waals surface area contributed by atoms with Crippen LogP contribution in [-0.4, -0.2) is 41.6 Å². The third-order valence-corrected chi connectivity index (χ3v) is 3.50. The molecule has 0 aliphatic carbocycles. The average molecular weight is 262 g/mol. The molecule has 100 valence electrons. The summed E-state index contributed by atoms with van der Waals surface area (Å²) < 4.78 is 32.5. The number of amides is 1. The maximum Gasteiger partial charge on any atom is 0.246 e. The van der Waals surface area contributed by atoms with E-state index >= 15 is 0 Å². The van der Waals surface area contributed by atoms with E-state index in [4.69, 9.17) is 0 Å². The van der Waals surface area contributed by atoms with Crippen molar-refractivity contribution in [2.45, 2.75) is 39.2 Å². The van der Waals surface area contributed by atoms with Gasteiger partial charge in [0.1, 0.15) is 0 Å². The normalized spacial score (nSPS) is 12.2. The number of carbonyl (C=O) groups excluding carboxylic acids is 1. The van der Waals surface area contributed by atoms with E-state index in [0.29, 0.717) is 6.54 Å². The molecule has 0 saturated heterocycles. The van der Waals surface area contributed by atoms with Crippen LogP contribution in [0.1, 0.15) is 33.6 Å². The van der Waals surface area contributed by atoms with E-state index in [0.717, 1.165) is 18.9 Å². The zero-order valence-electron chi connectivity index (χ0n) is 10.6. The topological polar surface area (TPSA) is 77.5 Å². The molecular formula is C11H20NO4S-. The highest BCUT2D eigenvalue weighted by Gasteiger charge is 2.31. The zero-order chi connectivity index (χ0) is 13.7. The van der Waals surface area contributed by atoms with Crippen LogP contribution in [0.15, 0.2) is 12.7 Å². The Morgan fingerprint density at radius 3 is 2.35 bits per heavy atom. The van der Waals surface area contributed by atoms with Gasteiger partial charge in [-0.3, -0.25) is 4.79 Å². The fraction of sp³-hybridized carbons (Fsp3) is 0.727. The molecule has 0 heterocycles. The van der Waals surface area contributed by atoms with Gasteiger partial charge in [-0.15, -0.1) is 0 Å². The highest BCUT2D eigenvalue weighted by Crippen LogP contribution is 2.18. The number of nitrogens with zero attached hydrogens (tertiary/aromatic N) is 1. The average Bonchev–Trinajstić information content (AvgIpc) is 2.13. The number of hydrogen-bond acceptors (Lipinski definition) is 4. The minimum atomic E-state index is -4.37. The molecule has 5 nitrogen and oxygen atoms in total. The second-order valence-electron chi connectivity index (χ2n) is 4.56. The molecule has 0 saturated carbocycles. The van der Waals surface area contributed by atoms with Gasteiger partial charge in [-0.2, -0.15) is 0 Å². The third-order valence-electron chi connectivity index (χ3n) is 2.44. The zero-order valence-corrected chi connectivity index (χ0v) is 11.4. The second kappa shape index (κ2) is 6.16. The van der Waals surface area contributed by atoms with Gasteiger partial charge in [-0.1, -0.05) is 19.9 Å². The highest BCUT2D eigenvalue weighted by atomic mass is 32.2. The summed E-state index contributed by atoms with van der Waals surface area (Å²) in [5.74, 6) is -0.948. The lowest BCUT2D eigenvalue weighted by molar-refractivity contribution is -0.130. The fourth-order valence-corrected chi connectivity index (χ4v) is 2.67. The number of unbranched alkanes of at least 4 members (excludes halogenated alkanes) is 1. The molecule has 17 heavy (non-hydrogen) atoms. The predicted octanol–water partition coefficient (Wildman–Crippen LogP) is 1.12. The van der Waals surface area contributed by atoms with Crippen LogP contribution >= 0.6 is 0 Å². The van der Waals surface area contributed by atoms with Gasteiger partial charge in [-0.25, -0.2) is 8.42 Å². The first kappa shape index (κ1) is 16.1. The summed E-state index contributed by atoms with van der Waals surface area (Å²) in [7, 11) is -4.37. The molecule has 6 heteroatoms.